The first kappa shape index (κ1) is 31.1. The van der Waals surface area contributed by atoms with Gasteiger partial charge in [0.05, 0.1) is 23.2 Å². The van der Waals surface area contributed by atoms with E-state index in [9.17, 15) is 0 Å². The molecule has 222 valence electrons. The van der Waals surface area contributed by atoms with Crippen LogP contribution in [0.1, 0.15) is 90.9 Å². The number of hydrogen-bond donors (Lipinski definition) is 0. The number of fused-ring (bicyclic) bond motifs is 6. The van der Waals surface area contributed by atoms with Gasteiger partial charge in [0.25, 0.3) is 0 Å². The van der Waals surface area contributed by atoms with Crippen molar-refractivity contribution >= 4 is 64.4 Å². The van der Waals surface area contributed by atoms with Crippen molar-refractivity contribution in [3.63, 3.8) is 0 Å². The van der Waals surface area contributed by atoms with E-state index in [0.29, 0.717) is 0 Å². The Morgan fingerprint density at radius 2 is 1.24 bits per heavy atom. The Kier molecular flexibility index (Phi) is 11.4. The van der Waals surface area contributed by atoms with Crippen LogP contribution in [0, 0.1) is 0 Å². The summed E-state index contributed by atoms with van der Waals surface area (Å²) in [6.45, 7) is 6.22. The molecule has 0 amide bonds. The van der Waals surface area contributed by atoms with Gasteiger partial charge in [-0.3, -0.25) is 0 Å². The zero-order chi connectivity index (χ0) is 29.3. The molecule has 1 aromatic heterocycles. The molecular weight excluding hydrogens is 648 g/mol. The van der Waals surface area contributed by atoms with Gasteiger partial charge in [-0.05, 0) is 60.0 Å². The first-order chi connectivity index (χ1) is 20.6. The van der Waals surface area contributed by atoms with E-state index in [2.05, 4.69) is 111 Å². The number of benzene rings is 4. The summed E-state index contributed by atoms with van der Waals surface area (Å²) in [6, 6.07) is 21.7. The molecule has 0 radical (unpaired) electrons. The minimum atomic E-state index is 0.743. The molecule has 42 heavy (non-hydrogen) atoms. The van der Waals surface area contributed by atoms with Crippen LogP contribution in [0.5, 0.6) is 5.75 Å². The lowest BCUT2D eigenvalue weighted by Gasteiger charge is -2.15. The lowest BCUT2D eigenvalue weighted by atomic mass is 10.00. The van der Waals surface area contributed by atoms with Gasteiger partial charge in [0.15, 0.2) is 0 Å². The van der Waals surface area contributed by atoms with E-state index in [0.717, 1.165) is 57.6 Å². The van der Waals surface area contributed by atoms with Gasteiger partial charge in [-0.1, -0.05) is 134 Å². The zero-order valence-electron chi connectivity index (χ0n) is 25.2. The average Bonchev–Trinajstić information content (AvgIpc) is 3.38. The van der Waals surface area contributed by atoms with Gasteiger partial charge >= 0.3 is 0 Å². The van der Waals surface area contributed by atoms with E-state index in [1.54, 1.807) is 0 Å². The Labute approximate surface area is 268 Å². The highest BCUT2D eigenvalue weighted by molar-refractivity contribution is 9.10. The van der Waals surface area contributed by atoms with E-state index in [1.807, 2.05) is 0 Å². The topological polar surface area (TPSA) is 27.1 Å². The second-order valence-electron chi connectivity index (χ2n) is 11.5. The van der Waals surface area contributed by atoms with Crippen molar-refractivity contribution in [2.75, 3.05) is 6.61 Å². The molecule has 0 bridgehead atoms. The van der Waals surface area contributed by atoms with Gasteiger partial charge in [-0.2, -0.15) is 0 Å². The van der Waals surface area contributed by atoms with Gasteiger partial charge in [-0.15, -0.1) is 0 Å². The number of para-hydroxylation sites is 1. The second kappa shape index (κ2) is 15.4. The average molecular weight is 693 g/mol. The van der Waals surface area contributed by atoms with Crippen molar-refractivity contribution in [3.8, 4) is 17.1 Å². The minimum absolute atomic E-state index is 0.743. The number of unbranched alkanes of at least 4 members (excludes halogenated alkanes) is 10. The maximum Gasteiger partial charge on any atom is 0.144 e. The maximum absolute atomic E-state index is 6.46. The van der Waals surface area contributed by atoms with E-state index < -0.39 is 0 Å². The molecule has 0 spiro atoms. The molecule has 4 aromatic carbocycles. The third kappa shape index (κ3) is 7.22. The number of aromatic nitrogens is 2. The van der Waals surface area contributed by atoms with Crippen LogP contribution in [0.15, 0.2) is 69.6 Å². The van der Waals surface area contributed by atoms with Crippen molar-refractivity contribution in [2.45, 2.75) is 97.4 Å². The molecule has 3 nitrogen and oxygen atoms in total. The highest BCUT2D eigenvalue weighted by atomic mass is 79.9. The van der Waals surface area contributed by atoms with Crippen molar-refractivity contribution in [1.82, 2.24) is 9.55 Å². The summed E-state index contributed by atoms with van der Waals surface area (Å²) in [5, 5.41) is 4.92. The molecule has 0 unspecified atom stereocenters. The molecule has 0 saturated carbocycles. The largest absolute Gasteiger partial charge is 0.493 e. The molecule has 5 heteroatoms. The number of aryl methyl sites for hydroxylation is 1. The molecule has 0 N–H and O–H groups in total. The van der Waals surface area contributed by atoms with E-state index in [4.69, 9.17) is 9.72 Å². The monoisotopic (exact) mass is 690 g/mol. The van der Waals surface area contributed by atoms with Gasteiger partial charge in [-0.25, -0.2) is 4.98 Å². The summed E-state index contributed by atoms with van der Waals surface area (Å²) < 4.78 is 11.1. The molecule has 0 atom stereocenters. The molecule has 0 fully saturated rings. The summed E-state index contributed by atoms with van der Waals surface area (Å²) >= 11 is 7.51. The van der Waals surface area contributed by atoms with Crippen molar-refractivity contribution in [2.24, 2.45) is 0 Å². The third-order valence-electron chi connectivity index (χ3n) is 8.35. The van der Waals surface area contributed by atoms with Crippen molar-refractivity contribution in [3.05, 3.63) is 69.6 Å². The number of hydrogen-bond acceptors (Lipinski definition) is 2. The van der Waals surface area contributed by atoms with E-state index >= 15 is 0 Å². The quantitative estimate of drug-likeness (QED) is 0.0760. The third-order valence-corrected chi connectivity index (χ3v) is 9.34. The number of halogens is 2. The highest BCUT2D eigenvalue weighted by Crippen LogP contribution is 2.41. The SMILES string of the molecule is CCCCCCCCOc1ccccc1-c1nc2c3cc(Br)ccc3c3ccc(Br)cc3c2n1CCCCCCCC. The van der Waals surface area contributed by atoms with Crippen LogP contribution in [0.3, 0.4) is 0 Å². The fourth-order valence-corrected chi connectivity index (χ4v) is 6.85. The lowest BCUT2D eigenvalue weighted by molar-refractivity contribution is 0.305. The molecular formula is C37H44Br2N2O. The van der Waals surface area contributed by atoms with Gasteiger partial charge in [0.2, 0.25) is 0 Å². The Bertz CT molecular complexity index is 1620. The van der Waals surface area contributed by atoms with Crippen molar-refractivity contribution < 1.29 is 4.74 Å². The molecule has 5 rings (SSSR count). The van der Waals surface area contributed by atoms with E-state index in [-0.39, 0.29) is 0 Å². The van der Waals surface area contributed by atoms with Crippen LogP contribution in [-0.2, 0) is 6.54 Å². The Balaban J connectivity index is 1.59. The van der Waals surface area contributed by atoms with Gasteiger partial charge in [0.1, 0.15) is 11.6 Å². The van der Waals surface area contributed by atoms with Crippen LogP contribution >= 0.6 is 31.9 Å². The molecule has 0 aliphatic carbocycles. The fourth-order valence-electron chi connectivity index (χ4n) is 6.12. The smallest absolute Gasteiger partial charge is 0.144 e. The molecule has 1 heterocycles. The maximum atomic E-state index is 6.46. The summed E-state index contributed by atoms with van der Waals surface area (Å²) in [4.78, 5) is 5.45. The number of imidazole rings is 1. The number of ether oxygens (including phenoxy) is 1. The summed E-state index contributed by atoms with van der Waals surface area (Å²) in [5.41, 5.74) is 3.35. The Morgan fingerprint density at radius 1 is 0.643 bits per heavy atom. The van der Waals surface area contributed by atoms with Gasteiger partial charge in [0, 0.05) is 26.3 Å². The Morgan fingerprint density at radius 3 is 1.95 bits per heavy atom. The van der Waals surface area contributed by atoms with Crippen LogP contribution in [0.4, 0.5) is 0 Å². The van der Waals surface area contributed by atoms with Crippen LogP contribution < -0.4 is 4.74 Å². The molecule has 0 aliphatic heterocycles. The number of nitrogens with zero attached hydrogens (tertiary/aromatic N) is 2. The van der Waals surface area contributed by atoms with Crippen LogP contribution in [0.2, 0.25) is 0 Å². The normalized spacial score (nSPS) is 11.7. The second-order valence-corrected chi connectivity index (χ2v) is 13.4. The zero-order valence-corrected chi connectivity index (χ0v) is 28.4. The van der Waals surface area contributed by atoms with E-state index in [1.165, 1.54) is 91.3 Å². The van der Waals surface area contributed by atoms with Crippen LogP contribution in [-0.4, -0.2) is 16.2 Å². The fraction of sp³-hybridized carbons (Fsp3) is 0.432. The highest BCUT2D eigenvalue weighted by Gasteiger charge is 2.21. The van der Waals surface area contributed by atoms with Gasteiger partial charge < -0.3 is 9.30 Å². The first-order valence-electron chi connectivity index (χ1n) is 16.0. The lowest BCUT2D eigenvalue weighted by Crippen LogP contribution is -2.04. The van der Waals surface area contributed by atoms with Crippen molar-refractivity contribution in [1.29, 1.82) is 0 Å². The molecule has 0 aliphatic rings. The molecule has 0 saturated heterocycles. The minimum Gasteiger partial charge on any atom is -0.493 e. The summed E-state index contributed by atoms with van der Waals surface area (Å²) in [7, 11) is 0. The molecule has 5 aromatic rings. The van der Waals surface area contributed by atoms with Crippen LogP contribution in [0.25, 0.3) is 44.0 Å². The summed E-state index contributed by atoms with van der Waals surface area (Å²) in [5.74, 6) is 1.94. The standard InChI is InChI=1S/C37H44Br2N2O/c1-3-5-7-9-11-15-23-41-36-33-26-28(39)20-22-30(33)29-21-19-27(38)25-32(29)35(36)40-37(41)31-17-13-14-18-34(31)42-24-16-12-10-8-6-4-2/h13-14,17-22,25-26H,3-12,15-16,23-24H2,1-2H3. The summed E-state index contributed by atoms with van der Waals surface area (Å²) in [6.07, 6.45) is 15.1. The number of rotatable bonds is 16. The predicted octanol–water partition coefficient (Wildman–Crippen LogP) is 12.6. The predicted molar refractivity (Wildman–Crippen MR) is 188 cm³/mol. The first-order valence-corrected chi connectivity index (χ1v) is 17.6. The Hall–Kier alpha value is -2.37.